The van der Waals surface area contributed by atoms with E-state index in [9.17, 15) is 14.7 Å². The summed E-state index contributed by atoms with van der Waals surface area (Å²) >= 11 is 0. The Morgan fingerprint density at radius 1 is 1.46 bits per heavy atom. The summed E-state index contributed by atoms with van der Waals surface area (Å²) in [5, 5.41) is 15.4. The van der Waals surface area contributed by atoms with Gasteiger partial charge in [-0.2, -0.15) is 0 Å². The zero-order valence-corrected chi connectivity index (χ0v) is 13.9. The van der Waals surface area contributed by atoms with E-state index in [-0.39, 0.29) is 11.8 Å². The van der Waals surface area contributed by atoms with Gasteiger partial charge in [0.05, 0.1) is 17.1 Å². The number of hydrogen-bond acceptors (Lipinski definition) is 5. The van der Waals surface area contributed by atoms with E-state index in [0.29, 0.717) is 51.0 Å². The minimum Gasteiger partial charge on any atom is -0.391 e. The number of piperidine rings is 2. The van der Waals surface area contributed by atoms with E-state index in [1.165, 1.54) is 0 Å². The number of β-amino-alcohol motifs (C(OH)–C–C–N with tert-alkyl or cyclic N) is 1. The van der Waals surface area contributed by atoms with Crippen molar-refractivity contribution < 1.29 is 14.7 Å². The SMILES string of the molecule is CCNC(=O)c1ccc(N2CCC3(CC2)CC(O)CNC3=O)nc1. The highest BCUT2D eigenvalue weighted by Gasteiger charge is 2.45. The van der Waals surface area contributed by atoms with Crippen LogP contribution in [0.25, 0.3) is 0 Å². The third-order valence-electron chi connectivity index (χ3n) is 5.00. The van der Waals surface area contributed by atoms with Gasteiger partial charge in [0.25, 0.3) is 5.91 Å². The lowest BCUT2D eigenvalue weighted by atomic mass is 9.71. The van der Waals surface area contributed by atoms with Crippen LogP contribution in [0, 0.1) is 5.41 Å². The predicted molar refractivity (Wildman–Crippen MR) is 89.8 cm³/mol. The fourth-order valence-electron chi connectivity index (χ4n) is 3.58. The summed E-state index contributed by atoms with van der Waals surface area (Å²) in [5.41, 5.74) is 0.0960. The number of pyridine rings is 1. The van der Waals surface area contributed by atoms with Crippen molar-refractivity contribution in [3.05, 3.63) is 23.9 Å². The van der Waals surface area contributed by atoms with Gasteiger partial charge in [-0.15, -0.1) is 0 Å². The first-order valence-corrected chi connectivity index (χ1v) is 8.50. The lowest BCUT2D eigenvalue weighted by molar-refractivity contribution is -0.138. The minimum atomic E-state index is -0.455. The van der Waals surface area contributed by atoms with Gasteiger partial charge >= 0.3 is 0 Å². The number of nitrogens with one attached hydrogen (secondary N) is 2. The molecule has 2 aliphatic heterocycles. The molecule has 7 heteroatoms. The lowest BCUT2D eigenvalue weighted by Crippen LogP contribution is -2.56. The molecule has 0 aromatic carbocycles. The van der Waals surface area contributed by atoms with Crippen LogP contribution in [0.5, 0.6) is 0 Å². The Morgan fingerprint density at radius 2 is 2.21 bits per heavy atom. The maximum Gasteiger partial charge on any atom is 0.252 e. The topological polar surface area (TPSA) is 94.6 Å². The molecule has 1 spiro atoms. The van der Waals surface area contributed by atoms with E-state index < -0.39 is 11.5 Å². The van der Waals surface area contributed by atoms with Gasteiger partial charge in [-0.05, 0) is 38.3 Å². The molecule has 3 heterocycles. The van der Waals surface area contributed by atoms with E-state index in [4.69, 9.17) is 0 Å². The second-order valence-electron chi connectivity index (χ2n) is 6.60. The molecule has 0 bridgehead atoms. The second kappa shape index (κ2) is 6.76. The number of nitrogens with zero attached hydrogens (tertiary/aromatic N) is 2. The molecule has 2 saturated heterocycles. The van der Waals surface area contributed by atoms with Crippen molar-refractivity contribution in [3.63, 3.8) is 0 Å². The number of aliphatic hydroxyl groups is 1. The highest BCUT2D eigenvalue weighted by Crippen LogP contribution is 2.39. The fourth-order valence-corrected chi connectivity index (χ4v) is 3.58. The van der Waals surface area contributed by atoms with Crippen molar-refractivity contribution >= 4 is 17.6 Å². The van der Waals surface area contributed by atoms with E-state index >= 15 is 0 Å². The fraction of sp³-hybridized carbons (Fsp3) is 0.588. The van der Waals surface area contributed by atoms with Crippen molar-refractivity contribution in [1.29, 1.82) is 0 Å². The summed E-state index contributed by atoms with van der Waals surface area (Å²) in [7, 11) is 0. The maximum atomic E-state index is 12.2. The molecule has 0 radical (unpaired) electrons. The molecule has 1 aromatic heterocycles. The number of aliphatic hydroxyl groups excluding tert-OH is 1. The smallest absolute Gasteiger partial charge is 0.252 e. The minimum absolute atomic E-state index is 0.0620. The molecule has 2 amide bonds. The van der Waals surface area contributed by atoms with Crippen LogP contribution in [-0.4, -0.2) is 54.2 Å². The van der Waals surface area contributed by atoms with Gasteiger partial charge in [0, 0.05) is 32.4 Å². The maximum absolute atomic E-state index is 12.2. The first-order chi connectivity index (χ1) is 11.5. The molecule has 7 nitrogen and oxygen atoms in total. The van der Waals surface area contributed by atoms with E-state index in [1.54, 1.807) is 12.3 Å². The normalized spacial score (nSPS) is 23.0. The molecule has 1 atom stereocenters. The Bertz CT molecular complexity index is 609. The molecule has 2 aliphatic rings. The van der Waals surface area contributed by atoms with Gasteiger partial charge < -0.3 is 20.6 Å². The molecular formula is C17H24N4O3. The van der Waals surface area contributed by atoms with Crippen LogP contribution < -0.4 is 15.5 Å². The van der Waals surface area contributed by atoms with Gasteiger partial charge in [0.1, 0.15) is 5.82 Å². The third kappa shape index (κ3) is 3.21. The first-order valence-electron chi connectivity index (χ1n) is 8.50. The summed E-state index contributed by atoms with van der Waals surface area (Å²) in [6, 6.07) is 3.62. The van der Waals surface area contributed by atoms with Crippen LogP contribution in [0.3, 0.4) is 0 Å². The average molecular weight is 332 g/mol. The third-order valence-corrected chi connectivity index (χ3v) is 5.00. The highest BCUT2D eigenvalue weighted by molar-refractivity contribution is 5.94. The first kappa shape index (κ1) is 16.7. The molecule has 3 N–H and O–H groups in total. The van der Waals surface area contributed by atoms with Gasteiger partial charge in [-0.25, -0.2) is 4.98 Å². The van der Waals surface area contributed by atoms with Gasteiger partial charge in [0.2, 0.25) is 5.91 Å². The Kier molecular flexibility index (Phi) is 4.71. The summed E-state index contributed by atoms with van der Waals surface area (Å²) in [6.45, 7) is 4.25. The molecular weight excluding hydrogens is 308 g/mol. The van der Waals surface area contributed by atoms with Crippen molar-refractivity contribution in [3.8, 4) is 0 Å². The number of hydrogen-bond donors (Lipinski definition) is 3. The monoisotopic (exact) mass is 332 g/mol. The number of aromatic nitrogens is 1. The van der Waals surface area contributed by atoms with Crippen molar-refractivity contribution in [2.75, 3.05) is 31.1 Å². The van der Waals surface area contributed by atoms with Gasteiger partial charge in [-0.3, -0.25) is 9.59 Å². The van der Waals surface area contributed by atoms with Crippen molar-refractivity contribution in [1.82, 2.24) is 15.6 Å². The number of carbonyl (C=O) groups is 2. The van der Waals surface area contributed by atoms with Crippen molar-refractivity contribution in [2.24, 2.45) is 5.41 Å². The average Bonchev–Trinajstić information content (AvgIpc) is 2.60. The molecule has 3 rings (SSSR count). The molecule has 1 unspecified atom stereocenters. The largest absolute Gasteiger partial charge is 0.391 e. The highest BCUT2D eigenvalue weighted by atomic mass is 16.3. The van der Waals surface area contributed by atoms with Gasteiger partial charge in [-0.1, -0.05) is 0 Å². The van der Waals surface area contributed by atoms with Crippen LogP contribution in [0.1, 0.15) is 36.5 Å². The summed E-state index contributed by atoms with van der Waals surface area (Å²) in [5.74, 6) is 0.753. The number of anilines is 1. The Labute approximate surface area is 141 Å². The molecule has 2 fully saturated rings. The number of amides is 2. The van der Waals surface area contributed by atoms with E-state index in [0.717, 1.165) is 5.82 Å². The molecule has 0 saturated carbocycles. The van der Waals surface area contributed by atoms with Crippen molar-refractivity contribution in [2.45, 2.75) is 32.3 Å². The Hall–Kier alpha value is -2.15. The van der Waals surface area contributed by atoms with Crippen LogP contribution in [0.4, 0.5) is 5.82 Å². The van der Waals surface area contributed by atoms with Crippen LogP contribution in [0.15, 0.2) is 18.3 Å². The second-order valence-corrected chi connectivity index (χ2v) is 6.60. The Balaban J connectivity index is 1.64. The van der Waals surface area contributed by atoms with Crippen LogP contribution >= 0.6 is 0 Å². The van der Waals surface area contributed by atoms with Crippen LogP contribution in [-0.2, 0) is 4.79 Å². The van der Waals surface area contributed by atoms with E-state index in [2.05, 4.69) is 20.5 Å². The predicted octanol–water partition coefficient (Wildman–Crippen LogP) is 0.299. The standard InChI is InChI=1S/C17H24N4O3/c1-2-18-15(23)12-3-4-14(19-10-12)21-7-5-17(6-8-21)9-13(22)11-20-16(17)24/h3-4,10,13,22H,2,5-9,11H2,1H3,(H,18,23)(H,20,24). The number of rotatable bonds is 3. The lowest BCUT2D eigenvalue weighted by Gasteiger charge is -2.44. The quantitative estimate of drug-likeness (QED) is 0.740. The summed E-state index contributed by atoms with van der Waals surface area (Å²) in [6.07, 6.45) is 3.08. The zero-order valence-electron chi connectivity index (χ0n) is 13.9. The molecule has 1 aromatic rings. The zero-order chi connectivity index (χ0) is 17.2. The molecule has 0 aliphatic carbocycles. The Morgan fingerprint density at radius 3 is 2.83 bits per heavy atom. The molecule has 24 heavy (non-hydrogen) atoms. The summed E-state index contributed by atoms with van der Waals surface area (Å²) < 4.78 is 0. The molecule has 130 valence electrons. The van der Waals surface area contributed by atoms with Gasteiger partial charge in [0.15, 0.2) is 0 Å². The van der Waals surface area contributed by atoms with E-state index in [1.807, 2.05) is 13.0 Å². The number of carbonyl (C=O) groups excluding carboxylic acids is 2. The summed E-state index contributed by atoms with van der Waals surface area (Å²) in [4.78, 5) is 30.5. The van der Waals surface area contributed by atoms with Crippen LogP contribution in [0.2, 0.25) is 0 Å².